The van der Waals surface area contributed by atoms with Crippen molar-refractivity contribution >= 4 is 28.2 Å². The molecule has 0 spiro atoms. The highest BCUT2D eigenvalue weighted by atomic mass is 35.5. The van der Waals surface area contributed by atoms with Gasteiger partial charge in [0.2, 0.25) is 0 Å². The first-order chi connectivity index (χ1) is 11.3. The summed E-state index contributed by atoms with van der Waals surface area (Å²) in [5.74, 6) is 0.924. The molecule has 4 aromatic rings. The van der Waals surface area contributed by atoms with Crippen LogP contribution in [-0.2, 0) is 0 Å². The average Bonchev–Trinajstić information content (AvgIpc) is 3.23. The third kappa shape index (κ3) is 2.02. The Balaban J connectivity index is 1.61. The van der Waals surface area contributed by atoms with Crippen LogP contribution in [0.3, 0.4) is 0 Å². The van der Waals surface area contributed by atoms with Crippen molar-refractivity contribution in [2.24, 2.45) is 0 Å². The second-order valence-electron chi connectivity index (χ2n) is 5.98. The van der Waals surface area contributed by atoms with Crippen LogP contribution in [0.15, 0.2) is 55.0 Å². The SMILES string of the molecule is Clc1cc(C2CC2c2ccnc3ccccc23)c2nccn2n1. The first-order valence-corrected chi connectivity index (χ1v) is 8.02. The number of hydrogen-bond acceptors (Lipinski definition) is 3. The van der Waals surface area contributed by atoms with Crippen LogP contribution in [0.4, 0.5) is 0 Å². The molecular formula is C18H13ClN4. The molecule has 2 atom stereocenters. The highest BCUT2D eigenvalue weighted by molar-refractivity contribution is 6.29. The molecule has 0 amide bonds. The number of hydrogen-bond donors (Lipinski definition) is 0. The van der Waals surface area contributed by atoms with Gasteiger partial charge in [-0.1, -0.05) is 29.8 Å². The summed E-state index contributed by atoms with van der Waals surface area (Å²) in [5.41, 5.74) is 4.49. The van der Waals surface area contributed by atoms with Gasteiger partial charge in [-0.25, -0.2) is 9.50 Å². The molecule has 0 saturated heterocycles. The summed E-state index contributed by atoms with van der Waals surface area (Å²) in [7, 11) is 0. The molecule has 5 heteroatoms. The fraction of sp³-hybridized carbons (Fsp3) is 0.167. The van der Waals surface area contributed by atoms with Crippen molar-refractivity contribution in [3.63, 3.8) is 0 Å². The topological polar surface area (TPSA) is 43.1 Å². The number of rotatable bonds is 2. The minimum Gasteiger partial charge on any atom is -0.256 e. The van der Waals surface area contributed by atoms with Gasteiger partial charge in [-0.05, 0) is 42.0 Å². The molecule has 0 aliphatic heterocycles. The summed E-state index contributed by atoms with van der Waals surface area (Å²) in [6.45, 7) is 0. The van der Waals surface area contributed by atoms with Crippen LogP contribution in [0.25, 0.3) is 16.6 Å². The van der Waals surface area contributed by atoms with Crippen LogP contribution in [0.1, 0.15) is 29.4 Å². The van der Waals surface area contributed by atoms with Gasteiger partial charge >= 0.3 is 0 Å². The molecule has 3 aromatic heterocycles. The maximum Gasteiger partial charge on any atom is 0.157 e. The Morgan fingerprint density at radius 3 is 2.83 bits per heavy atom. The number of nitrogens with zero attached hydrogens (tertiary/aromatic N) is 4. The molecule has 23 heavy (non-hydrogen) atoms. The second-order valence-corrected chi connectivity index (χ2v) is 6.37. The normalized spacial score (nSPS) is 20.2. The van der Waals surface area contributed by atoms with Crippen LogP contribution < -0.4 is 0 Å². The number of aromatic nitrogens is 4. The summed E-state index contributed by atoms with van der Waals surface area (Å²) in [6, 6.07) is 12.4. The van der Waals surface area contributed by atoms with Gasteiger partial charge in [0.25, 0.3) is 0 Å². The van der Waals surface area contributed by atoms with Crippen molar-refractivity contribution in [3.05, 3.63) is 71.3 Å². The van der Waals surface area contributed by atoms with Gasteiger partial charge in [0.15, 0.2) is 5.65 Å². The third-order valence-electron chi connectivity index (χ3n) is 4.63. The van der Waals surface area contributed by atoms with Crippen LogP contribution >= 0.6 is 11.6 Å². The number of imidazole rings is 1. The van der Waals surface area contributed by atoms with Gasteiger partial charge in [-0.15, -0.1) is 0 Å². The van der Waals surface area contributed by atoms with E-state index in [2.05, 4.69) is 39.3 Å². The molecule has 5 rings (SSSR count). The minimum absolute atomic E-state index is 0.436. The van der Waals surface area contributed by atoms with Gasteiger partial charge in [0.05, 0.1) is 5.52 Å². The fourth-order valence-electron chi connectivity index (χ4n) is 3.51. The zero-order valence-corrected chi connectivity index (χ0v) is 13.0. The number of fused-ring (bicyclic) bond motifs is 2. The van der Waals surface area contributed by atoms with E-state index >= 15 is 0 Å². The highest BCUT2D eigenvalue weighted by Gasteiger charge is 2.42. The van der Waals surface area contributed by atoms with Crippen molar-refractivity contribution in [3.8, 4) is 0 Å². The van der Waals surface area contributed by atoms with Crippen LogP contribution in [0.2, 0.25) is 5.15 Å². The molecule has 112 valence electrons. The Hall–Kier alpha value is -2.46. The summed E-state index contributed by atoms with van der Waals surface area (Å²) >= 11 is 6.17. The standard InChI is InChI=1S/C18H13ClN4/c19-17-10-15(18-21-7-8-23(18)22-17)14-9-13(14)11-5-6-20-16-4-2-1-3-12(11)16/h1-8,10,13-14H,9H2. The molecule has 4 nitrogen and oxygen atoms in total. The van der Waals surface area contributed by atoms with E-state index in [-0.39, 0.29) is 0 Å². The maximum atomic E-state index is 6.17. The second kappa shape index (κ2) is 4.77. The monoisotopic (exact) mass is 320 g/mol. The maximum absolute atomic E-state index is 6.17. The van der Waals surface area contributed by atoms with E-state index < -0.39 is 0 Å². The first kappa shape index (κ1) is 13.0. The predicted octanol–water partition coefficient (Wildman–Crippen LogP) is 4.20. The van der Waals surface area contributed by atoms with Crippen molar-refractivity contribution in [1.82, 2.24) is 19.6 Å². The quantitative estimate of drug-likeness (QED) is 0.556. The lowest BCUT2D eigenvalue weighted by Gasteiger charge is -2.07. The van der Waals surface area contributed by atoms with E-state index in [4.69, 9.17) is 11.6 Å². The van der Waals surface area contributed by atoms with E-state index in [0.717, 1.165) is 17.6 Å². The summed E-state index contributed by atoms with van der Waals surface area (Å²) < 4.78 is 1.76. The minimum atomic E-state index is 0.436. The van der Waals surface area contributed by atoms with Crippen molar-refractivity contribution < 1.29 is 0 Å². The molecule has 0 bridgehead atoms. The van der Waals surface area contributed by atoms with Crippen molar-refractivity contribution in [2.75, 3.05) is 0 Å². The van der Waals surface area contributed by atoms with Gasteiger partial charge in [0, 0.05) is 29.5 Å². The van der Waals surface area contributed by atoms with Gasteiger partial charge in [0.1, 0.15) is 5.15 Å². The molecule has 2 unspecified atom stereocenters. The van der Waals surface area contributed by atoms with E-state index in [9.17, 15) is 0 Å². The number of halogens is 1. The number of benzene rings is 1. The third-order valence-corrected chi connectivity index (χ3v) is 4.81. The Morgan fingerprint density at radius 1 is 1.00 bits per heavy atom. The lowest BCUT2D eigenvalue weighted by Crippen LogP contribution is -1.97. The Kier molecular flexibility index (Phi) is 2.70. The number of para-hydroxylation sites is 1. The highest BCUT2D eigenvalue weighted by Crippen LogP contribution is 2.56. The Labute approximate surface area is 137 Å². The molecule has 3 heterocycles. The van der Waals surface area contributed by atoms with E-state index in [1.807, 2.05) is 24.5 Å². The van der Waals surface area contributed by atoms with Crippen molar-refractivity contribution in [1.29, 1.82) is 0 Å². The largest absolute Gasteiger partial charge is 0.256 e. The molecule has 0 radical (unpaired) electrons. The molecule has 1 aromatic carbocycles. The van der Waals surface area contributed by atoms with Gasteiger partial charge in [-0.3, -0.25) is 4.98 Å². The molecule has 0 N–H and O–H groups in total. The van der Waals surface area contributed by atoms with Crippen LogP contribution in [0.5, 0.6) is 0 Å². The van der Waals surface area contributed by atoms with E-state index in [0.29, 0.717) is 17.0 Å². The van der Waals surface area contributed by atoms with Crippen LogP contribution in [0, 0.1) is 0 Å². The van der Waals surface area contributed by atoms with Crippen LogP contribution in [-0.4, -0.2) is 19.6 Å². The Morgan fingerprint density at radius 2 is 1.87 bits per heavy atom. The molecule has 1 saturated carbocycles. The summed E-state index contributed by atoms with van der Waals surface area (Å²) in [6.07, 6.45) is 6.61. The lowest BCUT2D eigenvalue weighted by molar-refractivity contribution is 0.906. The molecular weight excluding hydrogens is 308 g/mol. The smallest absolute Gasteiger partial charge is 0.157 e. The Bertz CT molecular complexity index is 1030. The zero-order chi connectivity index (χ0) is 15.4. The van der Waals surface area contributed by atoms with Gasteiger partial charge in [-0.2, -0.15) is 5.10 Å². The first-order valence-electron chi connectivity index (χ1n) is 7.65. The summed E-state index contributed by atoms with van der Waals surface area (Å²) in [5, 5.41) is 6.01. The predicted molar refractivity (Wildman–Crippen MR) is 89.8 cm³/mol. The zero-order valence-electron chi connectivity index (χ0n) is 12.2. The molecule has 1 aliphatic rings. The van der Waals surface area contributed by atoms with Gasteiger partial charge < -0.3 is 0 Å². The average molecular weight is 321 g/mol. The molecule has 1 fully saturated rings. The summed E-state index contributed by atoms with van der Waals surface area (Å²) in [4.78, 5) is 8.90. The van der Waals surface area contributed by atoms with E-state index in [1.54, 1.807) is 10.7 Å². The van der Waals surface area contributed by atoms with E-state index in [1.165, 1.54) is 16.5 Å². The fourth-order valence-corrected chi connectivity index (χ4v) is 3.70. The lowest BCUT2D eigenvalue weighted by atomic mass is 10.0. The molecule has 1 aliphatic carbocycles. The van der Waals surface area contributed by atoms with Crippen molar-refractivity contribution in [2.45, 2.75) is 18.3 Å². The number of pyridine rings is 1.